The maximum Gasteiger partial charge on any atom is 1.00 e. The van der Waals surface area contributed by atoms with E-state index in [1.807, 2.05) is 14.1 Å². The van der Waals surface area contributed by atoms with Gasteiger partial charge in [0.25, 0.3) is 0 Å². The number of hydrogen-bond acceptors (Lipinski definition) is 5. The van der Waals surface area contributed by atoms with Crippen molar-refractivity contribution < 1.29 is 28.8 Å². The summed E-state index contributed by atoms with van der Waals surface area (Å²) in [6.07, 6.45) is 2.87. The van der Waals surface area contributed by atoms with Crippen molar-refractivity contribution in [2.75, 3.05) is 14.1 Å². The van der Waals surface area contributed by atoms with Gasteiger partial charge in [0.2, 0.25) is 0 Å². The van der Waals surface area contributed by atoms with Gasteiger partial charge in [0.05, 0.1) is 5.69 Å². The van der Waals surface area contributed by atoms with Crippen LogP contribution in [0, 0.1) is 0 Å². The van der Waals surface area contributed by atoms with Crippen molar-refractivity contribution in [2.45, 2.75) is 25.3 Å². The second-order valence-electron chi connectivity index (χ2n) is 4.04. The predicted molar refractivity (Wildman–Crippen MR) is 55.9 cm³/mol. The van der Waals surface area contributed by atoms with Gasteiger partial charge in [0.1, 0.15) is 11.0 Å². The molecule has 0 bridgehead atoms. The van der Waals surface area contributed by atoms with Crippen LogP contribution in [0.5, 0.6) is 0 Å². The molecule has 0 fully saturated rings. The fourth-order valence-electron chi connectivity index (χ4n) is 1.89. The number of carboxylic acid groups (broad SMARTS) is 1. The first-order valence-electron chi connectivity index (χ1n) is 4.94. The van der Waals surface area contributed by atoms with Crippen LogP contribution in [0.2, 0.25) is 0 Å². The first-order chi connectivity index (χ1) is 7.08. The molecule has 0 radical (unpaired) electrons. The molecule has 0 saturated heterocycles. The molecule has 4 nitrogen and oxygen atoms in total. The fraction of sp³-hybridized carbons (Fsp3) is 0.600. The third-order valence-corrected chi connectivity index (χ3v) is 3.95. The number of carboxylic acids is 1. The zero-order valence-electron chi connectivity index (χ0n) is 9.82. The summed E-state index contributed by atoms with van der Waals surface area (Å²) >= 11 is 1.27. The quantitative estimate of drug-likeness (QED) is 0.508. The molecule has 1 aliphatic rings. The molecule has 0 N–H and O–H groups in total. The van der Waals surface area contributed by atoms with Gasteiger partial charge in [-0.2, -0.15) is 0 Å². The number of carbonyl (C=O) groups is 1. The summed E-state index contributed by atoms with van der Waals surface area (Å²) in [6.45, 7) is 0. The smallest absolute Gasteiger partial charge is 0.542 e. The number of carbonyl (C=O) groups excluding carboxylic acids is 1. The van der Waals surface area contributed by atoms with Gasteiger partial charge in [0, 0.05) is 17.3 Å². The second kappa shape index (κ2) is 5.33. The number of likely N-dealkylation sites (N-methyl/N-ethyl adjacent to an activating group) is 1. The van der Waals surface area contributed by atoms with Gasteiger partial charge >= 0.3 is 18.9 Å². The van der Waals surface area contributed by atoms with Gasteiger partial charge in [-0.3, -0.25) is 0 Å². The minimum atomic E-state index is -1.16. The van der Waals surface area contributed by atoms with Crippen molar-refractivity contribution >= 4 is 17.3 Å². The van der Waals surface area contributed by atoms with Crippen LogP contribution in [0.25, 0.3) is 0 Å². The molecular weight excluding hydrogens is 219 g/mol. The number of hydrogen-bond donors (Lipinski definition) is 0. The van der Waals surface area contributed by atoms with Crippen LogP contribution in [0.1, 0.15) is 26.8 Å². The van der Waals surface area contributed by atoms with Crippen molar-refractivity contribution in [1.29, 1.82) is 0 Å². The maximum absolute atomic E-state index is 10.7. The Hall–Kier alpha value is -0.343. The van der Waals surface area contributed by atoms with Gasteiger partial charge in [-0.25, -0.2) is 4.98 Å². The molecule has 1 heterocycles. The minimum absolute atomic E-state index is 0. The number of fused-ring (bicyclic) bond motifs is 1. The van der Waals surface area contributed by atoms with E-state index in [1.165, 1.54) is 11.3 Å². The van der Waals surface area contributed by atoms with Crippen LogP contribution >= 0.6 is 11.3 Å². The number of rotatable bonds is 2. The first kappa shape index (κ1) is 13.7. The van der Waals surface area contributed by atoms with Crippen molar-refractivity contribution in [3.05, 3.63) is 15.6 Å². The Morgan fingerprint density at radius 2 is 2.25 bits per heavy atom. The molecule has 1 aliphatic carbocycles. The fourth-order valence-corrected chi connectivity index (χ4v) is 2.83. The van der Waals surface area contributed by atoms with E-state index >= 15 is 0 Å². The van der Waals surface area contributed by atoms with Gasteiger partial charge in [-0.1, -0.05) is 0 Å². The minimum Gasteiger partial charge on any atom is -0.542 e. The van der Waals surface area contributed by atoms with E-state index in [9.17, 15) is 9.90 Å². The van der Waals surface area contributed by atoms with Crippen molar-refractivity contribution in [3.8, 4) is 0 Å². The number of aromatic nitrogens is 1. The van der Waals surface area contributed by atoms with Crippen molar-refractivity contribution in [3.63, 3.8) is 0 Å². The molecule has 0 amide bonds. The molecule has 0 saturated carbocycles. The van der Waals surface area contributed by atoms with E-state index in [0.717, 1.165) is 29.8 Å². The van der Waals surface area contributed by atoms with Gasteiger partial charge < -0.3 is 14.8 Å². The number of aromatic carboxylic acids is 1. The summed E-state index contributed by atoms with van der Waals surface area (Å²) in [6, 6.07) is 0.481. The van der Waals surface area contributed by atoms with Crippen LogP contribution in [-0.2, 0) is 12.8 Å². The average molecular weight is 232 g/mol. The summed E-state index contributed by atoms with van der Waals surface area (Å²) in [5, 5.41) is 10.8. The van der Waals surface area contributed by atoms with E-state index in [4.69, 9.17) is 0 Å². The van der Waals surface area contributed by atoms with E-state index in [-0.39, 0.29) is 23.9 Å². The van der Waals surface area contributed by atoms with E-state index in [1.54, 1.807) is 0 Å². The molecule has 0 spiro atoms. The molecular formula is C10H13LiN2O2S. The SMILES string of the molecule is CN(C)C1CCc2sc(C(=O)[O-])nc2C1.[Li+]. The average Bonchev–Trinajstić information content (AvgIpc) is 2.59. The van der Waals surface area contributed by atoms with Crippen LogP contribution in [0.3, 0.4) is 0 Å². The summed E-state index contributed by atoms with van der Waals surface area (Å²) in [4.78, 5) is 18.1. The van der Waals surface area contributed by atoms with Crippen LogP contribution < -0.4 is 24.0 Å². The van der Waals surface area contributed by atoms with Gasteiger partial charge in [-0.05, 0) is 26.9 Å². The van der Waals surface area contributed by atoms with Crippen LogP contribution in [0.4, 0.5) is 0 Å². The third kappa shape index (κ3) is 2.66. The Balaban J connectivity index is 0.00000128. The normalized spacial score (nSPS) is 19.1. The Morgan fingerprint density at radius 1 is 1.56 bits per heavy atom. The number of aryl methyl sites for hydroxylation is 1. The third-order valence-electron chi connectivity index (χ3n) is 2.82. The number of nitrogens with zero attached hydrogens (tertiary/aromatic N) is 2. The van der Waals surface area contributed by atoms with Gasteiger partial charge in [0.15, 0.2) is 0 Å². The Labute approximate surface area is 111 Å². The topological polar surface area (TPSA) is 56.3 Å². The van der Waals surface area contributed by atoms with E-state index in [2.05, 4.69) is 9.88 Å². The summed E-state index contributed by atoms with van der Waals surface area (Å²) in [5.74, 6) is -1.16. The maximum atomic E-state index is 10.7. The first-order valence-corrected chi connectivity index (χ1v) is 5.76. The Morgan fingerprint density at radius 3 is 2.81 bits per heavy atom. The van der Waals surface area contributed by atoms with Crippen molar-refractivity contribution in [1.82, 2.24) is 9.88 Å². The summed E-state index contributed by atoms with van der Waals surface area (Å²) < 4.78 is 0. The molecule has 1 aromatic rings. The number of thiazole rings is 1. The molecule has 0 aromatic carbocycles. The second-order valence-corrected chi connectivity index (χ2v) is 5.12. The molecule has 16 heavy (non-hydrogen) atoms. The molecule has 0 aliphatic heterocycles. The standard InChI is InChI=1S/C10H14N2O2S.Li/c1-12(2)6-3-4-8-7(5-6)11-9(15-8)10(13)14;/h6H,3-5H2,1-2H3,(H,13,14);/q;+1/p-1. The van der Waals surface area contributed by atoms with Crippen LogP contribution in [0.15, 0.2) is 0 Å². The molecule has 2 rings (SSSR count). The Bertz CT molecular complexity index is 392. The van der Waals surface area contributed by atoms with Gasteiger partial charge in [-0.15, -0.1) is 11.3 Å². The molecule has 1 atom stereocenters. The summed E-state index contributed by atoms with van der Waals surface area (Å²) in [5.41, 5.74) is 0.948. The van der Waals surface area contributed by atoms with E-state index < -0.39 is 5.97 Å². The zero-order chi connectivity index (χ0) is 11.0. The monoisotopic (exact) mass is 232 g/mol. The predicted octanol–water partition coefficient (Wildman–Crippen LogP) is -3.07. The summed E-state index contributed by atoms with van der Waals surface area (Å²) in [7, 11) is 4.09. The van der Waals surface area contributed by atoms with Crippen molar-refractivity contribution in [2.24, 2.45) is 0 Å². The molecule has 6 heteroatoms. The molecule has 82 valence electrons. The zero-order valence-corrected chi connectivity index (χ0v) is 10.6. The molecule has 1 aromatic heterocycles. The largest absolute Gasteiger partial charge is 1.00 e. The Kier molecular flexibility index (Phi) is 4.57. The van der Waals surface area contributed by atoms with E-state index in [0.29, 0.717) is 6.04 Å². The molecule has 1 unspecified atom stereocenters. The van der Waals surface area contributed by atoms with Crippen LogP contribution in [-0.4, -0.2) is 36.0 Å².